The molecule has 0 aliphatic carbocycles. The molecular formula is C4H10ClNO2. The molecule has 4 heteroatoms. The fourth-order valence-electron chi connectivity index (χ4n) is 0.842. The molecule has 1 saturated heterocycles. The van der Waals surface area contributed by atoms with Crippen LogP contribution in [0, 0.1) is 0 Å². The van der Waals surface area contributed by atoms with Crippen molar-refractivity contribution in [2.45, 2.75) is 12.8 Å². The molecule has 0 saturated carbocycles. The second-order valence-electron chi connectivity index (χ2n) is 2.03. The van der Waals surface area contributed by atoms with Gasteiger partial charge < -0.3 is 12.4 Å². The van der Waals surface area contributed by atoms with Gasteiger partial charge in [0.2, 0.25) is 0 Å². The molecule has 0 spiro atoms. The second kappa shape index (κ2) is 2.64. The van der Waals surface area contributed by atoms with Gasteiger partial charge in [-0.05, 0) is 4.81 Å². The minimum atomic E-state index is -0.750. The molecule has 1 aliphatic heterocycles. The predicted octanol–water partition coefficient (Wildman–Crippen LogP) is -2.62. The summed E-state index contributed by atoms with van der Waals surface area (Å²) in [5.41, 5.74) is 0. The third-order valence-electron chi connectivity index (χ3n) is 1.28. The largest absolute Gasteiger partial charge is 1.00 e. The lowest BCUT2D eigenvalue weighted by atomic mass is 10.4. The van der Waals surface area contributed by atoms with Crippen LogP contribution in [0.25, 0.3) is 0 Å². The fraction of sp³-hybridized carbons (Fsp3) is 1.00. The number of hydrogen-bond acceptors (Lipinski definition) is 2. The summed E-state index contributed by atoms with van der Waals surface area (Å²) < 4.78 is 0. The maximum absolute atomic E-state index is 8.69. The van der Waals surface area contributed by atoms with Crippen molar-refractivity contribution in [3.05, 3.63) is 0 Å². The summed E-state index contributed by atoms with van der Waals surface area (Å²) in [5.74, 6) is 0. The van der Waals surface area contributed by atoms with Crippen LogP contribution < -0.4 is 12.4 Å². The molecule has 2 N–H and O–H groups in total. The van der Waals surface area contributed by atoms with Crippen LogP contribution in [0.3, 0.4) is 0 Å². The van der Waals surface area contributed by atoms with Crippen LogP contribution in [0.5, 0.6) is 0 Å². The van der Waals surface area contributed by atoms with E-state index in [1.165, 1.54) is 0 Å². The maximum Gasteiger partial charge on any atom is 0.142 e. The highest BCUT2D eigenvalue weighted by molar-refractivity contribution is 4.41. The summed E-state index contributed by atoms with van der Waals surface area (Å²) in [4.78, 5) is -0.750. The van der Waals surface area contributed by atoms with Gasteiger partial charge in [-0.3, -0.25) is 0 Å². The first kappa shape index (κ1) is 8.17. The highest BCUT2D eigenvalue weighted by Crippen LogP contribution is 2.10. The van der Waals surface area contributed by atoms with Crippen LogP contribution in [0.2, 0.25) is 0 Å². The van der Waals surface area contributed by atoms with E-state index in [4.69, 9.17) is 10.4 Å². The van der Waals surface area contributed by atoms with E-state index in [1.807, 2.05) is 0 Å². The Labute approximate surface area is 54.4 Å². The van der Waals surface area contributed by atoms with Crippen LogP contribution >= 0.6 is 0 Å². The van der Waals surface area contributed by atoms with E-state index in [-0.39, 0.29) is 12.4 Å². The van der Waals surface area contributed by atoms with E-state index in [9.17, 15) is 0 Å². The molecule has 0 radical (unpaired) electrons. The van der Waals surface area contributed by atoms with E-state index in [0.717, 1.165) is 12.8 Å². The molecule has 0 amide bonds. The highest BCUT2D eigenvalue weighted by Gasteiger charge is 2.27. The number of quaternary nitrogens is 1. The van der Waals surface area contributed by atoms with Crippen LogP contribution in [0.4, 0.5) is 0 Å². The molecule has 8 heavy (non-hydrogen) atoms. The van der Waals surface area contributed by atoms with Gasteiger partial charge in [-0.15, -0.1) is 0 Å². The highest BCUT2D eigenvalue weighted by atomic mass is 35.5. The van der Waals surface area contributed by atoms with Gasteiger partial charge in [-0.2, -0.15) is 10.4 Å². The Morgan fingerprint density at radius 1 is 1.00 bits per heavy atom. The number of halogens is 1. The molecule has 0 aromatic heterocycles. The normalized spacial score (nSPS) is 24.8. The van der Waals surface area contributed by atoms with E-state index < -0.39 is 4.81 Å². The quantitative estimate of drug-likeness (QED) is 0.361. The first-order chi connectivity index (χ1) is 3.21. The molecular weight excluding hydrogens is 130 g/mol. The Kier molecular flexibility index (Phi) is 2.70. The van der Waals surface area contributed by atoms with Crippen molar-refractivity contribution in [3.8, 4) is 0 Å². The van der Waals surface area contributed by atoms with Crippen LogP contribution in [-0.4, -0.2) is 28.3 Å². The first-order valence-electron chi connectivity index (χ1n) is 2.53. The SMILES string of the molecule is O[N+]1(O)CCCC1.[Cl-]. The molecule has 0 atom stereocenters. The third kappa shape index (κ3) is 1.96. The molecule has 3 nitrogen and oxygen atoms in total. The van der Waals surface area contributed by atoms with Gasteiger partial charge in [0.25, 0.3) is 0 Å². The lowest BCUT2D eigenvalue weighted by molar-refractivity contribution is -1.24. The average molecular weight is 140 g/mol. The van der Waals surface area contributed by atoms with E-state index in [2.05, 4.69) is 0 Å². The molecule has 50 valence electrons. The van der Waals surface area contributed by atoms with Crippen molar-refractivity contribution in [1.82, 2.24) is 0 Å². The fourth-order valence-corrected chi connectivity index (χ4v) is 0.842. The van der Waals surface area contributed by atoms with Crippen LogP contribution in [0.15, 0.2) is 0 Å². The Hall–Kier alpha value is 0.170. The van der Waals surface area contributed by atoms with Crippen molar-refractivity contribution in [2.24, 2.45) is 0 Å². The zero-order valence-electron chi connectivity index (χ0n) is 4.55. The average Bonchev–Trinajstić information content (AvgIpc) is 1.84. The molecule has 1 rings (SSSR count). The summed E-state index contributed by atoms with van der Waals surface area (Å²) in [6.07, 6.45) is 1.88. The summed E-state index contributed by atoms with van der Waals surface area (Å²) in [6, 6.07) is 0. The van der Waals surface area contributed by atoms with Crippen molar-refractivity contribution in [3.63, 3.8) is 0 Å². The number of hydroxylamine groups is 4. The number of rotatable bonds is 0. The lowest BCUT2D eigenvalue weighted by Crippen LogP contribution is -3.00. The zero-order valence-corrected chi connectivity index (χ0v) is 5.30. The van der Waals surface area contributed by atoms with Gasteiger partial charge in [0, 0.05) is 12.8 Å². The molecule has 0 bridgehead atoms. The van der Waals surface area contributed by atoms with Gasteiger partial charge in [0.05, 0.1) is 0 Å². The first-order valence-corrected chi connectivity index (χ1v) is 2.53. The molecule has 0 unspecified atom stereocenters. The summed E-state index contributed by atoms with van der Waals surface area (Å²) in [7, 11) is 0. The van der Waals surface area contributed by atoms with Crippen molar-refractivity contribution in [2.75, 3.05) is 13.1 Å². The third-order valence-corrected chi connectivity index (χ3v) is 1.28. The van der Waals surface area contributed by atoms with E-state index >= 15 is 0 Å². The molecule has 0 aromatic carbocycles. The Morgan fingerprint density at radius 2 is 1.38 bits per heavy atom. The second-order valence-corrected chi connectivity index (χ2v) is 2.03. The summed E-state index contributed by atoms with van der Waals surface area (Å²) >= 11 is 0. The Balaban J connectivity index is 0.000000490. The van der Waals surface area contributed by atoms with Gasteiger partial charge in [0.15, 0.2) is 0 Å². The van der Waals surface area contributed by atoms with Gasteiger partial charge in [-0.25, -0.2) is 0 Å². The zero-order chi connectivity index (χ0) is 5.33. The minimum absolute atomic E-state index is 0. The maximum atomic E-state index is 8.69. The standard InChI is InChI=1S/C4H10NO2.ClH/c6-5(7)3-1-2-4-5;/h6-7H,1-4H2;1H/q+1;/p-1. The van der Waals surface area contributed by atoms with Crippen LogP contribution in [0.1, 0.15) is 12.8 Å². The predicted molar refractivity (Wildman–Crippen MR) is 22.8 cm³/mol. The molecule has 1 aliphatic rings. The molecule has 1 heterocycles. The lowest BCUT2D eigenvalue weighted by Gasteiger charge is -2.11. The van der Waals surface area contributed by atoms with Crippen molar-refractivity contribution in [1.29, 1.82) is 0 Å². The smallest absolute Gasteiger partial charge is 0.142 e. The Morgan fingerprint density at radius 3 is 1.50 bits per heavy atom. The Bertz CT molecular complexity index is 68.4. The molecule has 0 aromatic rings. The summed E-state index contributed by atoms with van der Waals surface area (Å²) in [6.45, 7) is 1.00. The minimum Gasteiger partial charge on any atom is -1.00 e. The molecule has 1 fully saturated rings. The van der Waals surface area contributed by atoms with Gasteiger partial charge >= 0.3 is 0 Å². The van der Waals surface area contributed by atoms with E-state index in [0.29, 0.717) is 13.1 Å². The number of hydrogen-bond donors (Lipinski definition) is 2. The van der Waals surface area contributed by atoms with Crippen LogP contribution in [-0.2, 0) is 0 Å². The van der Waals surface area contributed by atoms with Crippen molar-refractivity contribution < 1.29 is 27.6 Å². The number of nitrogens with zero attached hydrogens (tertiary/aromatic N) is 1. The summed E-state index contributed by atoms with van der Waals surface area (Å²) in [5, 5.41) is 17.4. The topological polar surface area (TPSA) is 40.5 Å². The van der Waals surface area contributed by atoms with Gasteiger partial charge in [-0.1, -0.05) is 0 Å². The van der Waals surface area contributed by atoms with Gasteiger partial charge in [0.1, 0.15) is 13.1 Å². The van der Waals surface area contributed by atoms with Crippen molar-refractivity contribution >= 4 is 0 Å². The van der Waals surface area contributed by atoms with E-state index in [1.54, 1.807) is 0 Å². The monoisotopic (exact) mass is 139 g/mol.